The Labute approximate surface area is 173 Å². The summed E-state index contributed by atoms with van der Waals surface area (Å²) in [4.78, 5) is 33.3. The number of fused-ring (bicyclic) bond motifs is 1. The van der Waals surface area contributed by atoms with Crippen molar-refractivity contribution in [3.8, 4) is 0 Å². The van der Waals surface area contributed by atoms with Gasteiger partial charge in [0.2, 0.25) is 5.91 Å². The first-order valence-electron chi connectivity index (χ1n) is 9.11. The molecule has 0 radical (unpaired) electrons. The Kier molecular flexibility index (Phi) is 6.85. The Morgan fingerprint density at radius 1 is 1.29 bits per heavy atom. The maximum absolute atomic E-state index is 13.0. The fourth-order valence-electron chi connectivity index (χ4n) is 3.25. The minimum atomic E-state index is -0.532. The lowest BCUT2D eigenvalue weighted by Gasteiger charge is -2.33. The third-order valence-electron chi connectivity index (χ3n) is 4.69. The molecule has 2 heterocycles. The van der Waals surface area contributed by atoms with Crippen LogP contribution in [0.4, 0.5) is 0 Å². The lowest BCUT2D eigenvalue weighted by molar-refractivity contribution is -0.141. The largest absolute Gasteiger partial charge is 0.460 e. The molecule has 0 saturated carbocycles. The van der Waals surface area contributed by atoms with E-state index in [1.165, 1.54) is 11.8 Å². The highest BCUT2D eigenvalue weighted by Crippen LogP contribution is 2.44. The van der Waals surface area contributed by atoms with E-state index in [9.17, 15) is 9.59 Å². The van der Waals surface area contributed by atoms with Gasteiger partial charge in [-0.25, -0.2) is 9.79 Å². The molecule has 0 bridgehead atoms. The number of hydrogen-bond acceptors (Lipinski definition) is 7. The monoisotopic (exact) mass is 420 g/mol. The molecule has 28 heavy (non-hydrogen) atoms. The van der Waals surface area contributed by atoms with E-state index in [1.807, 2.05) is 37.4 Å². The second-order valence-electron chi connectivity index (χ2n) is 6.42. The highest BCUT2D eigenvalue weighted by molar-refractivity contribution is 8.15. The van der Waals surface area contributed by atoms with Gasteiger partial charge in [-0.2, -0.15) is 0 Å². The van der Waals surface area contributed by atoms with E-state index >= 15 is 0 Å². The number of ether oxygens (including phenoxy) is 2. The van der Waals surface area contributed by atoms with Gasteiger partial charge in [-0.1, -0.05) is 30.8 Å². The molecule has 0 unspecified atom stereocenters. The zero-order chi connectivity index (χ0) is 20.3. The van der Waals surface area contributed by atoms with Gasteiger partial charge in [0.05, 0.1) is 29.2 Å². The Bertz CT molecular complexity index is 820. The third kappa shape index (κ3) is 3.99. The molecule has 0 aliphatic carbocycles. The van der Waals surface area contributed by atoms with Crippen molar-refractivity contribution in [1.82, 2.24) is 4.90 Å². The molecule has 1 aromatic rings. The maximum atomic E-state index is 13.0. The molecule has 1 saturated heterocycles. The average Bonchev–Trinajstić information content (AvgIpc) is 3.02. The Morgan fingerprint density at radius 3 is 2.61 bits per heavy atom. The molecule has 6 nitrogen and oxygen atoms in total. The van der Waals surface area contributed by atoms with Crippen LogP contribution in [0.1, 0.15) is 31.9 Å². The number of carbonyl (C=O) groups is 2. The smallest absolute Gasteiger partial charge is 0.338 e. The van der Waals surface area contributed by atoms with E-state index in [4.69, 9.17) is 9.47 Å². The van der Waals surface area contributed by atoms with Gasteiger partial charge in [0.25, 0.3) is 0 Å². The summed E-state index contributed by atoms with van der Waals surface area (Å²) in [6, 6.07) is 7.40. The third-order valence-corrected chi connectivity index (χ3v) is 6.76. The normalized spacial score (nSPS) is 21.6. The van der Waals surface area contributed by atoms with Crippen LogP contribution in [-0.2, 0) is 19.1 Å². The maximum Gasteiger partial charge on any atom is 0.338 e. The molecule has 1 amide bonds. The molecule has 0 N–H and O–H groups in total. The summed E-state index contributed by atoms with van der Waals surface area (Å²) in [5, 5.41) is 0.477. The number of methoxy groups -OCH3 is 1. The second kappa shape index (κ2) is 9.15. The number of carbonyl (C=O) groups excluding carboxylic acids is 2. The topological polar surface area (TPSA) is 68.2 Å². The van der Waals surface area contributed by atoms with Gasteiger partial charge in [-0.3, -0.25) is 9.69 Å². The highest BCUT2D eigenvalue weighted by atomic mass is 32.2. The average molecular weight is 421 g/mol. The van der Waals surface area contributed by atoms with E-state index in [1.54, 1.807) is 30.7 Å². The summed E-state index contributed by atoms with van der Waals surface area (Å²) in [5.41, 5.74) is 1.86. The molecular weight excluding hydrogens is 396 g/mol. The van der Waals surface area contributed by atoms with Gasteiger partial charge in [-0.15, -0.1) is 11.8 Å². The van der Waals surface area contributed by atoms with Crippen molar-refractivity contribution in [2.75, 3.05) is 26.6 Å². The molecule has 3 rings (SSSR count). The molecule has 0 aromatic heterocycles. The van der Waals surface area contributed by atoms with Crippen LogP contribution in [0.15, 0.2) is 45.4 Å². The predicted molar refractivity (Wildman–Crippen MR) is 112 cm³/mol. The summed E-state index contributed by atoms with van der Waals surface area (Å²) in [6.45, 7) is 4.25. The Balaban J connectivity index is 2.03. The lowest BCUT2D eigenvalue weighted by Crippen LogP contribution is -2.40. The predicted octanol–water partition coefficient (Wildman–Crippen LogP) is 3.64. The Morgan fingerprint density at radius 2 is 2.00 bits per heavy atom. The highest BCUT2D eigenvalue weighted by Gasteiger charge is 2.47. The number of nitrogens with zero attached hydrogens (tertiary/aromatic N) is 2. The van der Waals surface area contributed by atoms with Crippen LogP contribution in [0.5, 0.6) is 0 Å². The van der Waals surface area contributed by atoms with Crippen LogP contribution in [0.2, 0.25) is 0 Å². The standard InChI is InChI=1S/C20H24N2O4S2/c1-5-15-18(23)22-17(13-6-8-14(27-4)9-7-13)16(12(2)21-20(22)28-15)19(24)26-11-10-25-3/h6-9,15,17H,5,10-11H2,1-4H3/t15-,17+/m0/s1. The molecule has 1 aromatic carbocycles. The van der Waals surface area contributed by atoms with Crippen LogP contribution in [0.25, 0.3) is 0 Å². The molecular formula is C20H24N2O4S2. The van der Waals surface area contributed by atoms with Crippen LogP contribution in [0, 0.1) is 0 Å². The number of amides is 1. The van der Waals surface area contributed by atoms with Gasteiger partial charge in [0.15, 0.2) is 5.17 Å². The van der Waals surface area contributed by atoms with Crippen LogP contribution in [0.3, 0.4) is 0 Å². The summed E-state index contributed by atoms with van der Waals surface area (Å²) in [6.07, 6.45) is 2.72. The first-order valence-corrected chi connectivity index (χ1v) is 11.2. The van der Waals surface area contributed by atoms with Gasteiger partial charge >= 0.3 is 5.97 Å². The van der Waals surface area contributed by atoms with Crippen molar-refractivity contribution >= 4 is 40.6 Å². The molecule has 0 spiro atoms. The number of hydrogen-bond donors (Lipinski definition) is 0. The van der Waals surface area contributed by atoms with Gasteiger partial charge in [-0.05, 0) is 37.3 Å². The fraction of sp³-hybridized carbons (Fsp3) is 0.450. The van der Waals surface area contributed by atoms with Crippen molar-refractivity contribution in [2.45, 2.75) is 36.5 Å². The van der Waals surface area contributed by atoms with Crippen molar-refractivity contribution in [2.24, 2.45) is 4.99 Å². The quantitative estimate of drug-likeness (QED) is 0.381. The van der Waals surface area contributed by atoms with E-state index in [-0.39, 0.29) is 17.8 Å². The minimum absolute atomic E-state index is 0.0140. The summed E-state index contributed by atoms with van der Waals surface area (Å²) in [7, 11) is 1.55. The molecule has 2 aliphatic heterocycles. The number of allylic oxidation sites excluding steroid dienone is 1. The minimum Gasteiger partial charge on any atom is -0.460 e. The number of rotatable bonds is 7. The fourth-order valence-corrected chi connectivity index (χ4v) is 4.79. The van der Waals surface area contributed by atoms with Crippen molar-refractivity contribution in [3.05, 3.63) is 41.1 Å². The zero-order valence-electron chi connectivity index (χ0n) is 16.4. The van der Waals surface area contributed by atoms with Crippen LogP contribution >= 0.6 is 23.5 Å². The van der Waals surface area contributed by atoms with E-state index < -0.39 is 12.0 Å². The molecule has 2 atom stereocenters. The number of aliphatic imine (C=N–C) groups is 1. The van der Waals surface area contributed by atoms with Gasteiger partial charge in [0.1, 0.15) is 6.61 Å². The molecule has 8 heteroatoms. The van der Waals surface area contributed by atoms with Crippen LogP contribution < -0.4 is 0 Å². The summed E-state index contributed by atoms with van der Waals surface area (Å²) < 4.78 is 10.4. The first-order chi connectivity index (χ1) is 13.5. The van der Waals surface area contributed by atoms with Gasteiger partial charge in [0, 0.05) is 12.0 Å². The molecule has 2 aliphatic rings. The van der Waals surface area contributed by atoms with Crippen LogP contribution in [-0.4, -0.2) is 53.8 Å². The van der Waals surface area contributed by atoms with Crippen molar-refractivity contribution in [3.63, 3.8) is 0 Å². The summed E-state index contributed by atoms with van der Waals surface area (Å²) in [5.74, 6) is -0.478. The van der Waals surface area contributed by atoms with Gasteiger partial charge < -0.3 is 9.47 Å². The lowest BCUT2D eigenvalue weighted by atomic mass is 9.94. The number of benzene rings is 1. The number of amidine groups is 1. The summed E-state index contributed by atoms with van der Waals surface area (Å²) >= 11 is 3.11. The number of thioether (sulfide) groups is 2. The van der Waals surface area contributed by atoms with E-state index in [0.29, 0.717) is 29.5 Å². The molecule has 150 valence electrons. The first kappa shape index (κ1) is 21.0. The van der Waals surface area contributed by atoms with E-state index in [0.717, 1.165) is 10.5 Å². The van der Waals surface area contributed by atoms with Crippen molar-refractivity contribution < 1.29 is 19.1 Å². The molecule has 1 fully saturated rings. The van der Waals surface area contributed by atoms with E-state index in [2.05, 4.69) is 4.99 Å². The zero-order valence-corrected chi connectivity index (χ0v) is 18.1. The SMILES string of the molecule is CC[C@@H]1SC2=NC(C)=C(C(=O)OCCOC)[C@@H](c3ccc(SC)cc3)N2C1=O. The van der Waals surface area contributed by atoms with Crippen molar-refractivity contribution in [1.29, 1.82) is 0 Å². The number of esters is 1. The second-order valence-corrected chi connectivity index (χ2v) is 8.47. The Hall–Kier alpha value is -1.77.